The molecule has 1 atom stereocenters. The van der Waals surface area contributed by atoms with Gasteiger partial charge >= 0.3 is 0 Å². The van der Waals surface area contributed by atoms with Crippen molar-refractivity contribution >= 4 is 5.91 Å². The average molecular weight is 225 g/mol. The number of nitrogens with zero attached hydrogens (tertiary/aromatic N) is 1. The molecule has 1 aliphatic rings. The molecule has 1 fully saturated rings. The summed E-state index contributed by atoms with van der Waals surface area (Å²) in [5.74, 6) is 0.268. The lowest BCUT2D eigenvalue weighted by Gasteiger charge is -2.38. The maximum atomic E-state index is 11.8. The summed E-state index contributed by atoms with van der Waals surface area (Å²) in [6.45, 7) is 8.99. The van der Waals surface area contributed by atoms with E-state index < -0.39 is 5.60 Å². The summed E-state index contributed by atoms with van der Waals surface area (Å²) in [6.07, 6.45) is 3.66. The second kappa shape index (κ2) is 5.00. The van der Waals surface area contributed by atoms with E-state index in [0.29, 0.717) is 6.54 Å². The standard InChI is InChI=1S/C13H23NO2/c1-10(2)8-12(15)14-7-5-6-11(9-14)13(3,4)16/h8,11,16H,5-7,9H2,1-4H3. The van der Waals surface area contributed by atoms with E-state index in [1.165, 1.54) is 0 Å². The summed E-state index contributed by atoms with van der Waals surface area (Å²) in [6, 6.07) is 0. The molecule has 0 radical (unpaired) electrons. The first-order valence-electron chi connectivity index (χ1n) is 5.97. The molecule has 1 N–H and O–H groups in total. The molecule has 0 aromatic rings. The zero-order chi connectivity index (χ0) is 12.3. The number of carbonyl (C=O) groups excluding carboxylic acids is 1. The van der Waals surface area contributed by atoms with Crippen molar-refractivity contribution in [3.05, 3.63) is 11.6 Å². The van der Waals surface area contributed by atoms with Crippen LogP contribution in [0.2, 0.25) is 0 Å². The lowest BCUT2D eigenvalue weighted by Crippen LogP contribution is -2.46. The highest BCUT2D eigenvalue weighted by atomic mass is 16.3. The topological polar surface area (TPSA) is 40.5 Å². The molecule has 0 aromatic heterocycles. The largest absolute Gasteiger partial charge is 0.390 e. The third kappa shape index (κ3) is 3.63. The van der Waals surface area contributed by atoms with Crippen LogP contribution in [0.25, 0.3) is 0 Å². The third-order valence-corrected chi connectivity index (χ3v) is 3.14. The molecule has 0 aliphatic carbocycles. The zero-order valence-electron chi connectivity index (χ0n) is 10.8. The predicted octanol–water partition coefficient (Wildman–Crippen LogP) is 1.96. The van der Waals surface area contributed by atoms with Crippen LogP contribution in [0.3, 0.4) is 0 Å². The van der Waals surface area contributed by atoms with E-state index in [9.17, 15) is 9.90 Å². The minimum absolute atomic E-state index is 0.0777. The zero-order valence-corrected chi connectivity index (χ0v) is 10.8. The highest BCUT2D eigenvalue weighted by molar-refractivity contribution is 5.88. The Hall–Kier alpha value is -0.830. The third-order valence-electron chi connectivity index (χ3n) is 3.14. The van der Waals surface area contributed by atoms with Gasteiger partial charge in [0.2, 0.25) is 5.91 Å². The summed E-state index contributed by atoms with van der Waals surface area (Å²) in [7, 11) is 0. The van der Waals surface area contributed by atoms with Crippen molar-refractivity contribution in [3.63, 3.8) is 0 Å². The molecule has 0 aromatic carbocycles. The average Bonchev–Trinajstić information content (AvgIpc) is 2.15. The molecule has 1 unspecified atom stereocenters. The van der Waals surface area contributed by atoms with Gasteiger partial charge in [-0.25, -0.2) is 0 Å². The Labute approximate surface area is 98.1 Å². The Kier molecular flexibility index (Phi) is 4.14. The number of allylic oxidation sites excluding steroid dienone is 1. The van der Waals surface area contributed by atoms with E-state index in [2.05, 4.69) is 0 Å². The van der Waals surface area contributed by atoms with Gasteiger partial charge in [0.15, 0.2) is 0 Å². The molecule has 16 heavy (non-hydrogen) atoms. The SMILES string of the molecule is CC(C)=CC(=O)N1CCCC(C(C)(C)O)C1. The second-order valence-corrected chi connectivity index (χ2v) is 5.50. The molecule has 1 rings (SSSR count). The number of rotatable bonds is 2. The minimum Gasteiger partial charge on any atom is -0.390 e. The first kappa shape index (κ1) is 13.2. The molecular weight excluding hydrogens is 202 g/mol. The van der Waals surface area contributed by atoms with E-state index >= 15 is 0 Å². The van der Waals surface area contributed by atoms with Crippen molar-refractivity contribution in [1.29, 1.82) is 0 Å². The molecule has 92 valence electrons. The Morgan fingerprint density at radius 2 is 2.06 bits per heavy atom. The second-order valence-electron chi connectivity index (χ2n) is 5.50. The number of amides is 1. The normalized spacial score (nSPS) is 21.8. The highest BCUT2D eigenvalue weighted by Crippen LogP contribution is 2.26. The first-order chi connectivity index (χ1) is 7.30. The molecule has 3 heteroatoms. The van der Waals surface area contributed by atoms with E-state index in [4.69, 9.17) is 0 Å². The van der Waals surface area contributed by atoms with Crippen LogP contribution in [0.4, 0.5) is 0 Å². The van der Waals surface area contributed by atoms with Gasteiger partial charge in [-0.15, -0.1) is 0 Å². The molecule has 0 bridgehead atoms. The summed E-state index contributed by atoms with van der Waals surface area (Å²) in [4.78, 5) is 13.7. The van der Waals surface area contributed by atoms with E-state index in [1.54, 1.807) is 6.08 Å². The quantitative estimate of drug-likeness (QED) is 0.730. The van der Waals surface area contributed by atoms with Gasteiger partial charge in [0.1, 0.15) is 0 Å². The van der Waals surface area contributed by atoms with Crippen molar-refractivity contribution in [1.82, 2.24) is 4.90 Å². The highest BCUT2D eigenvalue weighted by Gasteiger charge is 2.32. The van der Waals surface area contributed by atoms with Crippen LogP contribution in [0, 0.1) is 5.92 Å². The number of hydrogen-bond donors (Lipinski definition) is 1. The van der Waals surface area contributed by atoms with Crippen LogP contribution >= 0.6 is 0 Å². The lowest BCUT2D eigenvalue weighted by molar-refractivity contribution is -0.129. The Balaban J connectivity index is 2.64. The lowest BCUT2D eigenvalue weighted by atomic mass is 9.84. The van der Waals surface area contributed by atoms with Crippen LogP contribution in [0.1, 0.15) is 40.5 Å². The van der Waals surface area contributed by atoms with Gasteiger partial charge in [0, 0.05) is 25.1 Å². The Morgan fingerprint density at radius 3 is 2.56 bits per heavy atom. The number of hydrogen-bond acceptors (Lipinski definition) is 2. The minimum atomic E-state index is -0.691. The molecular formula is C13H23NO2. The molecule has 0 saturated carbocycles. The smallest absolute Gasteiger partial charge is 0.246 e. The predicted molar refractivity (Wildman–Crippen MR) is 65.0 cm³/mol. The maximum absolute atomic E-state index is 11.8. The fraction of sp³-hybridized carbons (Fsp3) is 0.769. The van der Waals surface area contributed by atoms with E-state index in [-0.39, 0.29) is 11.8 Å². The molecule has 1 amide bonds. The van der Waals surface area contributed by atoms with Gasteiger partial charge in [-0.1, -0.05) is 5.57 Å². The molecule has 3 nitrogen and oxygen atoms in total. The summed E-state index contributed by atoms with van der Waals surface area (Å²) in [5, 5.41) is 9.97. The fourth-order valence-electron chi connectivity index (χ4n) is 2.09. The Morgan fingerprint density at radius 1 is 1.44 bits per heavy atom. The van der Waals surface area contributed by atoms with Crippen molar-refractivity contribution in [2.45, 2.75) is 46.1 Å². The molecule has 1 saturated heterocycles. The van der Waals surface area contributed by atoms with Gasteiger partial charge in [-0.05, 0) is 40.5 Å². The van der Waals surface area contributed by atoms with Gasteiger partial charge in [-0.2, -0.15) is 0 Å². The Bertz CT molecular complexity index is 285. The molecule has 0 spiro atoms. The van der Waals surface area contributed by atoms with Crippen LogP contribution < -0.4 is 0 Å². The van der Waals surface area contributed by atoms with Crippen molar-refractivity contribution in [2.24, 2.45) is 5.92 Å². The van der Waals surface area contributed by atoms with Gasteiger partial charge in [0.25, 0.3) is 0 Å². The van der Waals surface area contributed by atoms with E-state index in [0.717, 1.165) is 25.0 Å². The number of likely N-dealkylation sites (tertiary alicyclic amines) is 1. The summed E-state index contributed by atoms with van der Waals surface area (Å²) >= 11 is 0. The number of piperidine rings is 1. The van der Waals surface area contributed by atoms with Crippen molar-refractivity contribution in [2.75, 3.05) is 13.1 Å². The van der Waals surface area contributed by atoms with Gasteiger partial charge < -0.3 is 10.0 Å². The summed E-state index contributed by atoms with van der Waals surface area (Å²) < 4.78 is 0. The van der Waals surface area contributed by atoms with Crippen LogP contribution in [0.15, 0.2) is 11.6 Å². The number of carbonyl (C=O) groups is 1. The van der Waals surface area contributed by atoms with Crippen molar-refractivity contribution < 1.29 is 9.90 Å². The van der Waals surface area contributed by atoms with Gasteiger partial charge in [-0.3, -0.25) is 4.79 Å². The first-order valence-corrected chi connectivity index (χ1v) is 5.97. The monoisotopic (exact) mass is 225 g/mol. The van der Waals surface area contributed by atoms with Crippen molar-refractivity contribution in [3.8, 4) is 0 Å². The number of aliphatic hydroxyl groups is 1. The molecule has 1 aliphatic heterocycles. The maximum Gasteiger partial charge on any atom is 0.246 e. The van der Waals surface area contributed by atoms with Crippen LogP contribution in [0.5, 0.6) is 0 Å². The van der Waals surface area contributed by atoms with E-state index in [1.807, 2.05) is 32.6 Å². The van der Waals surface area contributed by atoms with Gasteiger partial charge in [0.05, 0.1) is 5.60 Å². The van der Waals surface area contributed by atoms with Crippen LogP contribution in [-0.2, 0) is 4.79 Å². The fourth-order valence-corrected chi connectivity index (χ4v) is 2.09. The summed E-state index contributed by atoms with van der Waals surface area (Å²) in [5.41, 5.74) is 0.333. The van der Waals surface area contributed by atoms with Crippen LogP contribution in [-0.4, -0.2) is 34.6 Å². The molecule has 1 heterocycles.